The van der Waals surface area contributed by atoms with Gasteiger partial charge in [0.15, 0.2) is 0 Å². The molecule has 0 spiro atoms. The van der Waals surface area contributed by atoms with Crippen LogP contribution in [0.25, 0.3) is 0 Å². The predicted molar refractivity (Wildman–Crippen MR) is 198 cm³/mol. The first-order valence-electron chi connectivity index (χ1n) is 14.0. The van der Waals surface area contributed by atoms with Crippen molar-refractivity contribution in [3.8, 4) is 0 Å². The van der Waals surface area contributed by atoms with Crippen molar-refractivity contribution in [1.29, 1.82) is 0 Å². The quantitative estimate of drug-likeness (QED) is 0.131. The molecule has 0 amide bonds. The van der Waals surface area contributed by atoms with Crippen molar-refractivity contribution in [2.75, 3.05) is 14.7 Å². The van der Waals surface area contributed by atoms with Gasteiger partial charge < -0.3 is 0 Å². The molecule has 0 N–H and O–H groups in total. The van der Waals surface area contributed by atoms with Crippen molar-refractivity contribution in [3.05, 3.63) is 146 Å². The van der Waals surface area contributed by atoms with E-state index in [0.717, 1.165) is 0 Å². The van der Waals surface area contributed by atoms with Gasteiger partial charge in [0.25, 0.3) is 0 Å². The van der Waals surface area contributed by atoms with Gasteiger partial charge in [-0.05, 0) is 0 Å². The van der Waals surface area contributed by atoms with E-state index in [2.05, 4.69) is 204 Å². The van der Waals surface area contributed by atoms with Crippen LogP contribution in [0.2, 0.25) is 0 Å². The van der Waals surface area contributed by atoms with Gasteiger partial charge in [-0.3, -0.25) is 0 Å². The van der Waals surface area contributed by atoms with E-state index < -0.39 is 1.89 Å². The Morgan fingerprint density at radius 2 is 0.548 bits per heavy atom. The van der Waals surface area contributed by atoms with Crippen molar-refractivity contribution < 1.29 is 0 Å². The number of hydrogen-bond donors (Lipinski definition) is 0. The van der Waals surface area contributed by atoms with Crippen LogP contribution in [0.5, 0.6) is 0 Å². The fraction of sp³-hybridized carbons (Fsp3) is 0. The summed E-state index contributed by atoms with van der Waals surface area (Å²) in [6, 6.07) is 53.2. The Bertz CT molecular complexity index is 1750. The molecule has 0 aromatic heterocycles. The Morgan fingerprint density at radius 1 is 0.310 bits per heavy atom. The van der Waals surface area contributed by atoms with Crippen LogP contribution in [0.15, 0.2) is 146 Å². The molecule has 3 nitrogen and oxygen atoms in total. The molecule has 6 heteroatoms. The molecule has 0 saturated carbocycles. The summed E-state index contributed by atoms with van der Waals surface area (Å²) in [6.45, 7) is 0. The molecule has 0 unspecified atom stereocenters. The molecule has 6 aromatic rings. The summed E-state index contributed by atoms with van der Waals surface area (Å²) in [5.41, 5.74) is 11.1. The summed E-state index contributed by atoms with van der Waals surface area (Å²) in [5, 5.41) is 4.31. The monoisotopic (exact) mass is 783 g/mol. The zero-order valence-electron chi connectivity index (χ0n) is 22.4. The topological polar surface area (TPSA) is 9.72 Å². The molecule has 0 atom stereocenters. The van der Waals surface area contributed by atoms with E-state index in [-0.39, 0.29) is 0 Å². The van der Waals surface area contributed by atoms with Gasteiger partial charge in [-0.25, -0.2) is 0 Å². The number of nitrogens with zero attached hydrogens (tertiary/aromatic N) is 3. The van der Waals surface area contributed by atoms with Crippen LogP contribution in [0.4, 0.5) is 51.2 Å². The van der Waals surface area contributed by atoms with Crippen molar-refractivity contribution in [2.45, 2.75) is 0 Å². The van der Waals surface area contributed by atoms with Crippen LogP contribution < -0.4 is 30.6 Å². The number of halogens is 2. The predicted octanol–water partition coefficient (Wildman–Crippen LogP) is 10.6. The normalized spacial score (nSPS) is 17.2. The average molecular weight is 783 g/mol. The van der Waals surface area contributed by atoms with Gasteiger partial charge in [0, 0.05) is 0 Å². The molecular weight excluding hydrogens is 759 g/mol. The third kappa shape index (κ3) is 3.09. The van der Waals surface area contributed by atoms with E-state index in [1.54, 1.807) is 0 Å². The Hall–Kier alpha value is -3.39. The Balaban J connectivity index is 1.50. The molecule has 3 heterocycles. The third-order valence-corrected chi connectivity index (χ3v) is 21.1. The second-order valence-corrected chi connectivity index (χ2v) is 31.1. The maximum absolute atomic E-state index is 3.04. The first-order valence-corrected chi connectivity index (χ1v) is 21.8. The second-order valence-electron chi connectivity index (χ2n) is 10.9. The minimum atomic E-state index is -3.04. The summed E-state index contributed by atoms with van der Waals surface area (Å²) in [5.74, 6) is 0. The zero-order chi connectivity index (χ0) is 28.1. The van der Waals surface area contributed by atoms with E-state index in [0.29, 0.717) is 0 Å². The maximum atomic E-state index is 2.93. The summed E-state index contributed by atoms with van der Waals surface area (Å²) in [6.07, 6.45) is 0. The Kier molecular flexibility index (Phi) is 5.28. The number of benzene rings is 6. The van der Waals surface area contributed by atoms with E-state index in [9.17, 15) is 0 Å². The van der Waals surface area contributed by atoms with E-state index in [4.69, 9.17) is 0 Å². The molecule has 0 aliphatic carbocycles. The van der Waals surface area contributed by atoms with Gasteiger partial charge in [-0.2, -0.15) is 0 Å². The summed E-state index contributed by atoms with van der Waals surface area (Å²) >= 11 is 5.86. The van der Waals surface area contributed by atoms with Crippen molar-refractivity contribution in [1.82, 2.24) is 0 Å². The minimum absolute atomic E-state index is 1.17. The van der Waals surface area contributed by atoms with E-state index in [1.165, 1.54) is 67.1 Å². The fourth-order valence-corrected chi connectivity index (χ4v) is 20.2. The number of hydrogen-bond acceptors (Lipinski definition) is 3. The van der Waals surface area contributed by atoms with Gasteiger partial charge in [0.2, 0.25) is 0 Å². The van der Waals surface area contributed by atoms with Gasteiger partial charge in [0.05, 0.1) is 0 Å². The second kappa shape index (κ2) is 8.82. The molecule has 0 bridgehead atoms. The van der Waals surface area contributed by atoms with Crippen LogP contribution in [-0.4, -0.2) is 0 Å². The van der Waals surface area contributed by atoms with E-state index >= 15 is 0 Å². The molecule has 3 aliphatic rings. The van der Waals surface area contributed by atoms with Gasteiger partial charge in [0.1, 0.15) is 0 Å². The number of para-hydroxylation sites is 3. The molecule has 42 heavy (non-hydrogen) atoms. The van der Waals surface area contributed by atoms with Crippen molar-refractivity contribution in [3.63, 3.8) is 0 Å². The third-order valence-electron chi connectivity index (χ3n) is 8.65. The Labute approximate surface area is 271 Å². The van der Waals surface area contributed by atoms with Crippen LogP contribution in [0, 0.1) is 0 Å². The van der Waals surface area contributed by atoms with Gasteiger partial charge in [-0.1, -0.05) is 0 Å². The van der Waals surface area contributed by atoms with Gasteiger partial charge >= 0.3 is 273 Å². The van der Waals surface area contributed by atoms with Crippen LogP contribution in [-0.2, 0) is 0 Å². The zero-order valence-corrected chi connectivity index (χ0v) is 27.6. The molecule has 9 rings (SSSR count). The molecule has 0 saturated heterocycles. The van der Waals surface area contributed by atoms with Crippen molar-refractivity contribution >= 4 is 113 Å². The van der Waals surface area contributed by atoms with Crippen LogP contribution in [0.1, 0.15) is 0 Å². The first kappa shape index (κ1) is 25.1. The van der Waals surface area contributed by atoms with Crippen LogP contribution in [0.3, 0.4) is 0 Å². The summed E-state index contributed by atoms with van der Waals surface area (Å²) in [7, 11) is 0. The Morgan fingerprint density at radius 3 is 0.786 bits per heavy atom. The molecule has 202 valence electrons. The number of anilines is 9. The molecule has 0 fully saturated rings. The standard InChI is InChI=1S/C36H24I2N3P/c37-42(38)34-28-19-10-21-30(34)40(26-15-6-2-7-16-26)32-23-12-24-33(36(32)42)41(27-17-8-3-9-18-27)31-22-11-20-29(35(31)42)39(28)25-13-4-1-5-14-25/h1-24H. The first-order chi connectivity index (χ1) is 20.6. The van der Waals surface area contributed by atoms with Crippen molar-refractivity contribution in [2.24, 2.45) is 0 Å². The molecule has 0 radical (unpaired) electrons. The SMILES string of the molecule is IP12(I)c3c4cccc3N(c3ccccc3)c3cccc(c31)N(c1ccccc1)c1cccc(c12)N4c1ccccc1. The summed E-state index contributed by atoms with van der Waals surface area (Å²) in [4.78, 5) is 7.47. The van der Waals surface area contributed by atoms with Gasteiger partial charge in [-0.15, -0.1) is 0 Å². The van der Waals surface area contributed by atoms with E-state index in [1.807, 2.05) is 0 Å². The fourth-order valence-electron chi connectivity index (χ4n) is 7.14. The molecule has 6 aromatic carbocycles. The number of rotatable bonds is 3. The average Bonchev–Trinajstić information content (AvgIpc) is 3.02. The summed E-state index contributed by atoms with van der Waals surface area (Å²) < 4.78 is -3.04. The molecular formula is C36H24I2N3P. The van der Waals surface area contributed by atoms with Crippen LogP contribution >= 0.6 is 46.0 Å². The molecule has 3 aliphatic heterocycles.